The van der Waals surface area contributed by atoms with Crippen molar-refractivity contribution < 1.29 is 14.8 Å². The number of aromatic carboxylic acids is 1. The lowest BCUT2D eigenvalue weighted by Crippen LogP contribution is -2.18. The van der Waals surface area contributed by atoms with Crippen LogP contribution in [0.1, 0.15) is 15.9 Å². The molecule has 0 spiro atoms. The van der Waals surface area contributed by atoms with Crippen molar-refractivity contribution in [1.29, 1.82) is 0 Å². The van der Waals surface area contributed by atoms with Gasteiger partial charge in [-0.05, 0) is 34.5 Å². The number of thiophene rings is 1. The predicted molar refractivity (Wildman–Crippen MR) is 76.5 cm³/mol. The van der Waals surface area contributed by atoms with E-state index in [1.54, 1.807) is 23.3 Å². The van der Waals surface area contributed by atoms with Crippen LogP contribution in [0.2, 0.25) is 0 Å². The number of carboxylic acid groups (broad SMARTS) is 1. The van der Waals surface area contributed by atoms with Gasteiger partial charge in [-0.25, -0.2) is 4.79 Å². The van der Waals surface area contributed by atoms with Crippen LogP contribution in [-0.2, 0) is 6.54 Å². The lowest BCUT2D eigenvalue weighted by molar-refractivity contribution is -0.384. The summed E-state index contributed by atoms with van der Waals surface area (Å²) >= 11 is 1.54. The van der Waals surface area contributed by atoms with Crippen LogP contribution in [0.5, 0.6) is 0 Å². The largest absolute Gasteiger partial charge is 0.478 e. The van der Waals surface area contributed by atoms with Gasteiger partial charge in [0.2, 0.25) is 0 Å². The van der Waals surface area contributed by atoms with Gasteiger partial charge in [-0.3, -0.25) is 10.1 Å². The van der Waals surface area contributed by atoms with Gasteiger partial charge in [-0.2, -0.15) is 11.3 Å². The molecule has 104 valence electrons. The average Bonchev–Trinajstić information content (AvgIpc) is 2.90. The number of nitro groups is 1. The molecular weight excluding hydrogens is 280 g/mol. The number of hydrogen-bond acceptors (Lipinski definition) is 5. The summed E-state index contributed by atoms with van der Waals surface area (Å²) < 4.78 is 0. The number of benzene rings is 1. The molecule has 0 aliphatic rings. The maximum Gasteiger partial charge on any atom is 0.335 e. The summed E-state index contributed by atoms with van der Waals surface area (Å²) in [6.45, 7) is 0.480. The number of carboxylic acids is 1. The fourth-order valence-corrected chi connectivity index (χ4v) is 2.52. The molecule has 7 heteroatoms. The first-order valence-corrected chi connectivity index (χ1v) is 6.67. The van der Waals surface area contributed by atoms with Crippen molar-refractivity contribution >= 4 is 28.7 Å². The minimum Gasteiger partial charge on any atom is -0.478 e. The molecule has 0 saturated heterocycles. The molecule has 0 amide bonds. The van der Waals surface area contributed by atoms with Gasteiger partial charge in [-0.15, -0.1) is 0 Å². The highest BCUT2D eigenvalue weighted by Crippen LogP contribution is 2.29. The van der Waals surface area contributed by atoms with E-state index in [0.717, 1.165) is 5.56 Å². The molecule has 2 rings (SSSR count). The van der Waals surface area contributed by atoms with Gasteiger partial charge < -0.3 is 10.0 Å². The highest BCUT2D eigenvalue weighted by atomic mass is 32.1. The zero-order valence-electron chi connectivity index (χ0n) is 10.6. The molecule has 1 heterocycles. The molecule has 0 bridgehead atoms. The standard InChI is InChI=1S/C13H12N2O4S/c1-14(7-9-4-5-20-8-9)12-6-10(13(16)17)2-3-11(12)15(18)19/h2-6,8H,7H2,1H3,(H,16,17). The van der Waals surface area contributed by atoms with E-state index in [-0.39, 0.29) is 11.3 Å². The molecule has 0 fully saturated rings. The first-order valence-electron chi connectivity index (χ1n) is 5.73. The molecule has 6 nitrogen and oxygen atoms in total. The minimum atomic E-state index is -1.11. The quantitative estimate of drug-likeness (QED) is 0.676. The van der Waals surface area contributed by atoms with Crippen molar-refractivity contribution in [3.8, 4) is 0 Å². The van der Waals surface area contributed by atoms with Crippen molar-refractivity contribution in [1.82, 2.24) is 0 Å². The van der Waals surface area contributed by atoms with Crippen LogP contribution in [0.15, 0.2) is 35.0 Å². The predicted octanol–water partition coefficient (Wildman–Crippen LogP) is 2.99. The lowest BCUT2D eigenvalue weighted by Gasteiger charge is -2.19. The summed E-state index contributed by atoms with van der Waals surface area (Å²) in [6.07, 6.45) is 0. The minimum absolute atomic E-state index is 0.0303. The Hall–Kier alpha value is -2.41. The van der Waals surface area contributed by atoms with Gasteiger partial charge in [0.05, 0.1) is 10.5 Å². The summed E-state index contributed by atoms with van der Waals surface area (Å²) in [5.41, 5.74) is 1.24. The van der Waals surface area contributed by atoms with E-state index in [1.807, 2.05) is 16.8 Å². The Balaban J connectivity index is 2.38. The Kier molecular flexibility index (Phi) is 3.99. The highest BCUT2D eigenvalue weighted by Gasteiger charge is 2.19. The zero-order valence-corrected chi connectivity index (χ0v) is 11.5. The fourth-order valence-electron chi connectivity index (χ4n) is 1.86. The fraction of sp³-hybridized carbons (Fsp3) is 0.154. The lowest BCUT2D eigenvalue weighted by atomic mass is 10.1. The van der Waals surface area contributed by atoms with E-state index in [9.17, 15) is 14.9 Å². The van der Waals surface area contributed by atoms with Crippen LogP contribution in [0.25, 0.3) is 0 Å². The summed E-state index contributed by atoms with van der Waals surface area (Å²) in [5.74, 6) is -1.11. The molecule has 0 unspecified atom stereocenters. The Bertz CT molecular complexity index is 640. The Morgan fingerprint density at radius 1 is 1.45 bits per heavy atom. The molecule has 2 aromatic rings. The second kappa shape index (κ2) is 5.70. The van der Waals surface area contributed by atoms with E-state index in [4.69, 9.17) is 5.11 Å². The second-order valence-electron chi connectivity index (χ2n) is 4.25. The van der Waals surface area contributed by atoms with E-state index >= 15 is 0 Å². The molecule has 1 N–H and O–H groups in total. The molecule has 20 heavy (non-hydrogen) atoms. The third-order valence-corrected chi connectivity index (χ3v) is 3.56. The molecular formula is C13H12N2O4S. The van der Waals surface area contributed by atoms with Gasteiger partial charge >= 0.3 is 5.97 Å². The van der Waals surface area contributed by atoms with Crippen LogP contribution < -0.4 is 4.90 Å². The second-order valence-corrected chi connectivity index (χ2v) is 5.03. The molecule has 0 atom stereocenters. The molecule has 0 radical (unpaired) electrons. The van der Waals surface area contributed by atoms with Crippen molar-refractivity contribution in [2.45, 2.75) is 6.54 Å². The molecule has 0 aliphatic carbocycles. The van der Waals surface area contributed by atoms with E-state index in [1.165, 1.54) is 18.2 Å². The van der Waals surface area contributed by atoms with Gasteiger partial charge in [0.25, 0.3) is 5.69 Å². The first-order chi connectivity index (χ1) is 9.49. The third kappa shape index (κ3) is 2.94. The van der Waals surface area contributed by atoms with E-state index < -0.39 is 10.9 Å². The molecule has 1 aromatic carbocycles. The van der Waals surface area contributed by atoms with Crippen LogP contribution in [0.4, 0.5) is 11.4 Å². The van der Waals surface area contributed by atoms with Crippen molar-refractivity contribution in [3.63, 3.8) is 0 Å². The van der Waals surface area contributed by atoms with Crippen LogP contribution >= 0.6 is 11.3 Å². The average molecular weight is 292 g/mol. The number of nitro benzene ring substituents is 1. The Labute approximate surface area is 119 Å². The maximum atomic E-state index is 11.0. The Morgan fingerprint density at radius 2 is 2.20 bits per heavy atom. The number of anilines is 1. The SMILES string of the molecule is CN(Cc1ccsc1)c1cc(C(=O)O)ccc1[N+](=O)[O-]. The summed E-state index contributed by atoms with van der Waals surface area (Å²) in [5, 5.41) is 23.9. The number of carbonyl (C=O) groups is 1. The first kappa shape index (κ1) is 14.0. The number of hydrogen-bond donors (Lipinski definition) is 1. The van der Waals surface area contributed by atoms with Crippen molar-refractivity contribution in [2.75, 3.05) is 11.9 Å². The normalized spacial score (nSPS) is 10.2. The summed E-state index contributed by atoms with van der Waals surface area (Å²) in [6, 6.07) is 5.71. The van der Waals surface area contributed by atoms with E-state index in [2.05, 4.69) is 0 Å². The van der Waals surface area contributed by atoms with Crippen LogP contribution in [-0.4, -0.2) is 23.0 Å². The number of nitrogens with zero attached hydrogens (tertiary/aromatic N) is 2. The monoisotopic (exact) mass is 292 g/mol. The van der Waals surface area contributed by atoms with Crippen LogP contribution in [0.3, 0.4) is 0 Å². The summed E-state index contributed by atoms with van der Waals surface area (Å²) in [4.78, 5) is 23.2. The van der Waals surface area contributed by atoms with Gasteiger partial charge in [0, 0.05) is 19.7 Å². The van der Waals surface area contributed by atoms with Gasteiger partial charge in [-0.1, -0.05) is 0 Å². The van der Waals surface area contributed by atoms with Gasteiger partial charge in [0.15, 0.2) is 0 Å². The molecule has 1 aromatic heterocycles. The molecule has 0 saturated carbocycles. The topological polar surface area (TPSA) is 83.7 Å². The zero-order chi connectivity index (χ0) is 14.7. The summed E-state index contributed by atoms with van der Waals surface area (Å²) in [7, 11) is 1.70. The van der Waals surface area contributed by atoms with Gasteiger partial charge in [0.1, 0.15) is 5.69 Å². The number of rotatable bonds is 5. The van der Waals surface area contributed by atoms with Crippen LogP contribution in [0, 0.1) is 10.1 Å². The smallest absolute Gasteiger partial charge is 0.335 e. The molecule has 0 aliphatic heterocycles. The maximum absolute atomic E-state index is 11.0. The highest BCUT2D eigenvalue weighted by molar-refractivity contribution is 7.07. The van der Waals surface area contributed by atoms with Crippen molar-refractivity contribution in [2.24, 2.45) is 0 Å². The Morgan fingerprint density at radius 3 is 2.75 bits per heavy atom. The third-order valence-electron chi connectivity index (χ3n) is 2.83. The van der Waals surface area contributed by atoms with Crippen molar-refractivity contribution in [3.05, 3.63) is 56.3 Å². The van der Waals surface area contributed by atoms with E-state index in [0.29, 0.717) is 12.2 Å².